The zero-order valence-electron chi connectivity index (χ0n) is 15.8. The van der Waals surface area contributed by atoms with E-state index in [9.17, 15) is 24.3 Å². The van der Waals surface area contributed by atoms with Gasteiger partial charge < -0.3 is 16.2 Å². The molecule has 160 valence electrons. The van der Waals surface area contributed by atoms with Crippen LogP contribution >= 0.6 is 46.7 Å². The summed E-state index contributed by atoms with van der Waals surface area (Å²) in [6, 6.07) is 1.82. The summed E-state index contributed by atoms with van der Waals surface area (Å²) in [5, 5.41) is 15.1. The van der Waals surface area contributed by atoms with Crippen LogP contribution in [-0.4, -0.2) is 54.3 Å². The van der Waals surface area contributed by atoms with Crippen molar-refractivity contribution in [2.24, 2.45) is 5.73 Å². The van der Waals surface area contributed by atoms with Crippen LogP contribution in [0, 0.1) is 6.92 Å². The Morgan fingerprint density at radius 1 is 1.39 bits per heavy atom. The van der Waals surface area contributed by atoms with Gasteiger partial charge in [-0.1, -0.05) is 12.2 Å². The fourth-order valence-corrected chi connectivity index (χ4v) is 6.70. The van der Waals surface area contributed by atoms with E-state index in [4.69, 9.17) is 18.0 Å². The molecule has 2 aliphatic heterocycles. The highest BCUT2D eigenvalue weighted by Gasteiger charge is 2.53. The Hall–Kier alpha value is -2.61. The van der Waals surface area contributed by atoms with Crippen molar-refractivity contribution in [2.75, 3.05) is 0 Å². The molecule has 2 aromatic rings. The lowest BCUT2D eigenvalue weighted by Crippen LogP contribution is -2.63. The number of aromatic nitrogens is 1. The lowest BCUT2D eigenvalue weighted by molar-refractivity contribution is -0.138. The maximum absolute atomic E-state index is 12.7. The monoisotopic (exact) mass is 494 g/mol. The number of nitrogens with two attached hydrogens (primary N) is 1. The number of amides is 3. The number of carboxylic acids is 1. The first-order valence-corrected chi connectivity index (χ1v) is 11.9. The van der Waals surface area contributed by atoms with Crippen LogP contribution < -0.4 is 11.1 Å². The van der Waals surface area contributed by atoms with E-state index in [-0.39, 0.29) is 39.2 Å². The van der Waals surface area contributed by atoms with Gasteiger partial charge in [-0.05, 0) is 29.3 Å². The Morgan fingerprint density at radius 3 is 2.71 bits per heavy atom. The van der Waals surface area contributed by atoms with Crippen LogP contribution in [0.3, 0.4) is 0 Å². The van der Waals surface area contributed by atoms with Crippen LogP contribution in [0.4, 0.5) is 0 Å². The van der Waals surface area contributed by atoms with E-state index in [0.29, 0.717) is 4.88 Å². The highest BCUT2D eigenvalue weighted by Crippen LogP contribution is 2.46. The van der Waals surface area contributed by atoms with Crippen molar-refractivity contribution in [3.63, 3.8) is 0 Å². The molecule has 0 radical (unpaired) electrons. The number of aliphatic carboxylic acids is 1. The van der Waals surface area contributed by atoms with Gasteiger partial charge >= 0.3 is 5.97 Å². The van der Waals surface area contributed by atoms with Crippen molar-refractivity contribution in [3.8, 4) is 0 Å². The number of nitrogens with one attached hydrogen (secondary N) is 1. The lowest BCUT2D eigenvalue weighted by atomic mass is 10.1. The van der Waals surface area contributed by atoms with Crippen LogP contribution in [0.1, 0.15) is 25.9 Å². The van der Waals surface area contributed by atoms with Crippen LogP contribution in [0.5, 0.6) is 0 Å². The minimum absolute atomic E-state index is 0.0122. The van der Waals surface area contributed by atoms with Gasteiger partial charge in [0.1, 0.15) is 32.0 Å². The van der Waals surface area contributed by atoms with Gasteiger partial charge in [0.05, 0.1) is 12.0 Å². The van der Waals surface area contributed by atoms with Gasteiger partial charge in [-0.15, -0.1) is 23.1 Å². The third-order valence-corrected chi connectivity index (χ3v) is 8.22. The number of β-lactam (4-membered cyclic amide) rings is 1. The van der Waals surface area contributed by atoms with E-state index in [1.54, 1.807) is 6.92 Å². The van der Waals surface area contributed by atoms with E-state index in [1.807, 2.05) is 16.8 Å². The number of nitrogens with zero attached hydrogens (tertiary/aromatic N) is 2. The molecule has 1 fully saturated rings. The van der Waals surface area contributed by atoms with Gasteiger partial charge in [0.25, 0.3) is 11.8 Å². The molecule has 4 rings (SSSR count). The van der Waals surface area contributed by atoms with Gasteiger partial charge in [-0.3, -0.25) is 19.3 Å². The number of fused-ring (bicyclic) bond motifs is 1. The van der Waals surface area contributed by atoms with Gasteiger partial charge in [0.2, 0.25) is 5.91 Å². The summed E-state index contributed by atoms with van der Waals surface area (Å²) >= 11 is 8.78. The fraction of sp³-hybridized carbons (Fsp3) is 0.222. The summed E-state index contributed by atoms with van der Waals surface area (Å²) in [7, 11) is 0. The second-order valence-electron chi connectivity index (χ2n) is 6.64. The Labute approximate surface area is 193 Å². The number of thioether (sulfide) groups is 1. The second-order valence-corrected chi connectivity index (χ2v) is 10.3. The van der Waals surface area contributed by atoms with E-state index < -0.39 is 28.5 Å². The van der Waals surface area contributed by atoms with Crippen LogP contribution in [0.15, 0.2) is 22.5 Å². The van der Waals surface area contributed by atoms with Crippen LogP contribution in [-0.2, 0) is 20.8 Å². The maximum Gasteiger partial charge on any atom is 0.353 e. The number of hydrogen-bond donors (Lipinski definition) is 3. The number of thiophene rings is 1. The maximum atomic E-state index is 12.7. The zero-order valence-corrected chi connectivity index (χ0v) is 19.0. The fourth-order valence-electron chi connectivity index (χ4n) is 3.23. The number of hydrogen-bond acceptors (Lipinski definition) is 9. The first kappa shape index (κ1) is 21.6. The van der Waals surface area contributed by atoms with Crippen LogP contribution in [0.25, 0.3) is 5.57 Å². The molecular formula is C18H14N4O5S4. The summed E-state index contributed by atoms with van der Waals surface area (Å²) < 4.78 is 0. The molecule has 0 spiro atoms. The lowest BCUT2D eigenvalue weighted by Gasteiger charge is -2.46. The van der Waals surface area contributed by atoms with Crippen molar-refractivity contribution in [3.05, 3.63) is 43.7 Å². The molecular weight excluding hydrogens is 480 g/mol. The third-order valence-electron chi connectivity index (χ3n) is 4.61. The summed E-state index contributed by atoms with van der Waals surface area (Å²) in [6.45, 7) is 1.63. The van der Waals surface area contributed by atoms with Crippen molar-refractivity contribution < 1.29 is 24.3 Å². The Morgan fingerprint density at radius 2 is 2.13 bits per heavy atom. The first-order chi connectivity index (χ1) is 14.7. The van der Waals surface area contributed by atoms with E-state index in [2.05, 4.69) is 10.3 Å². The standard InChI is InChI=1S/C18H14N4O5S4/c1-6-10(13(19)24)21-15(30-6)9-11(18(26)27)22-16(25)12(28)17(22)31-14(9)20-8(23)4-7-2-3-29-5-7/h2-3,5,14,17H,4H2,1H3,(H2,19,24)(H,20,23)(H,26,27)/t14?,17-/m0/s1. The number of carbonyl (C=O) groups excluding carboxylic acids is 3. The molecule has 4 heterocycles. The number of thiazole rings is 1. The highest BCUT2D eigenvalue weighted by atomic mass is 32.2. The van der Waals surface area contributed by atoms with E-state index in [0.717, 1.165) is 33.6 Å². The average molecular weight is 495 g/mol. The summed E-state index contributed by atoms with van der Waals surface area (Å²) in [4.78, 5) is 54.7. The number of rotatable bonds is 6. The predicted molar refractivity (Wildman–Crippen MR) is 121 cm³/mol. The number of carbonyl (C=O) groups is 4. The quantitative estimate of drug-likeness (QED) is 0.404. The van der Waals surface area contributed by atoms with Gasteiger partial charge in [0.15, 0.2) is 0 Å². The normalized spacial score (nSPS) is 20.4. The van der Waals surface area contributed by atoms with E-state index >= 15 is 0 Å². The van der Waals surface area contributed by atoms with Gasteiger partial charge in [-0.25, -0.2) is 9.78 Å². The predicted octanol–water partition coefficient (Wildman–Crippen LogP) is 1.38. The van der Waals surface area contributed by atoms with Crippen molar-refractivity contribution in [2.45, 2.75) is 24.1 Å². The number of thiocarbonyl (C=S) groups is 1. The number of primary amides is 1. The molecule has 1 saturated heterocycles. The minimum Gasteiger partial charge on any atom is -0.477 e. The largest absolute Gasteiger partial charge is 0.477 e. The molecule has 2 atom stereocenters. The average Bonchev–Trinajstić information content (AvgIpc) is 3.35. The Bertz CT molecular complexity index is 1170. The summed E-state index contributed by atoms with van der Waals surface area (Å²) in [5.74, 6) is -3.01. The topological polar surface area (TPSA) is 143 Å². The summed E-state index contributed by atoms with van der Waals surface area (Å²) in [6.07, 6.45) is 0.109. The minimum atomic E-state index is -1.36. The van der Waals surface area contributed by atoms with Gasteiger partial charge in [0, 0.05) is 4.88 Å². The third kappa shape index (κ3) is 3.78. The SMILES string of the molecule is Cc1sc(C2=C(C(=O)O)N3C(=O)C(=S)[C@@H]3SC2NC(=O)Cc2ccsc2)nc1C(N)=O. The number of aryl methyl sites for hydroxylation is 1. The molecule has 0 aliphatic carbocycles. The molecule has 13 heteroatoms. The molecule has 3 amide bonds. The molecule has 0 saturated carbocycles. The molecule has 0 aromatic carbocycles. The van der Waals surface area contributed by atoms with Gasteiger partial charge in [-0.2, -0.15) is 11.3 Å². The molecule has 1 unspecified atom stereocenters. The highest BCUT2D eigenvalue weighted by molar-refractivity contribution is 8.03. The molecule has 9 nitrogen and oxygen atoms in total. The second kappa shape index (κ2) is 8.15. The molecule has 31 heavy (non-hydrogen) atoms. The van der Waals surface area contributed by atoms with Crippen molar-refractivity contribution in [1.82, 2.24) is 15.2 Å². The Kier molecular flexibility index (Phi) is 5.68. The molecule has 4 N–H and O–H groups in total. The van der Waals surface area contributed by atoms with E-state index in [1.165, 1.54) is 11.3 Å². The summed E-state index contributed by atoms with van der Waals surface area (Å²) in [5.41, 5.74) is 6.01. The van der Waals surface area contributed by atoms with Crippen LogP contribution in [0.2, 0.25) is 0 Å². The Balaban J connectivity index is 1.78. The molecule has 2 aliphatic rings. The molecule has 2 aromatic heterocycles. The first-order valence-electron chi connectivity index (χ1n) is 8.77. The number of carboxylic acid groups (broad SMARTS) is 1. The smallest absolute Gasteiger partial charge is 0.353 e. The van der Waals surface area contributed by atoms with Crippen molar-refractivity contribution in [1.29, 1.82) is 0 Å². The molecule has 0 bridgehead atoms. The zero-order chi connectivity index (χ0) is 22.4. The van der Waals surface area contributed by atoms with Crippen molar-refractivity contribution >= 4 is 80.8 Å².